The highest BCUT2D eigenvalue weighted by atomic mass is 16.5. The lowest BCUT2D eigenvalue weighted by atomic mass is 9.85. The Labute approximate surface area is 137 Å². The van der Waals surface area contributed by atoms with Crippen LogP contribution >= 0.6 is 0 Å². The molecule has 2 atom stereocenters. The van der Waals surface area contributed by atoms with Crippen molar-refractivity contribution in [2.45, 2.75) is 18.9 Å². The van der Waals surface area contributed by atoms with Crippen LogP contribution in [0.1, 0.15) is 24.4 Å². The zero-order chi connectivity index (χ0) is 16.1. The van der Waals surface area contributed by atoms with Gasteiger partial charge in [0, 0.05) is 25.0 Å². The first kappa shape index (κ1) is 15.7. The molecule has 122 valence electrons. The van der Waals surface area contributed by atoms with E-state index >= 15 is 0 Å². The highest BCUT2D eigenvalue weighted by Gasteiger charge is 2.30. The fraction of sp³-hybridized carbons (Fsp3) is 0.444. The maximum Gasteiger partial charge on any atom is 0.144 e. The topological polar surface area (TPSA) is 50.3 Å². The number of nitrogens with one attached hydrogen (secondary N) is 1. The van der Waals surface area contributed by atoms with E-state index in [0.29, 0.717) is 12.0 Å². The molecule has 1 saturated heterocycles. The van der Waals surface area contributed by atoms with Gasteiger partial charge in [-0.15, -0.1) is 0 Å². The van der Waals surface area contributed by atoms with Gasteiger partial charge in [-0.25, -0.2) is 4.98 Å². The SMILES string of the molecule is COc1ccc(C2C(CNc3cnccn3)CCCN2C)cc1. The molecule has 5 heteroatoms. The van der Waals surface area contributed by atoms with E-state index in [9.17, 15) is 0 Å². The van der Waals surface area contributed by atoms with Crippen LogP contribution in [0.25, 0.3) is 0 Å². The summed E-state index contributed by atoms with van der Waals surface area (Å²) in [5, 5.41) is 3.43. The van der Waals surface area contributed by atoms with Gasteiger partial charge in [-0.2, -0.15) is 0 Å². The summed E-state index contributed by atoms with van der Waals surface area (Å²) < 4.78 is 5.27. The molecule has 0 bridgehead atoms. The van der Waals surface area contributed by atoms with Gasteiger partial charge in [0.2, 0.25) is 0 Å². The fourth-order valence-corrected chi connectivity index (χ4v) is 3.43. The number of anilines is 1. The standard InChI is InChI=1S/C18H24N4O/c1-22-11-3-4-15(12-21-17-13-19-9-10-20-17)18(22)14-5-7-16(23-2)8-6-14/h5-10,13,15,18H,3-4,11-12H2,1-2H3,(H,20,21). The molecule has 3 rings (SSSR count). The van der Waals surface area contributed by atoms with Gasteiger partial charge in [0.05, 0.1) is 13.3 Å². The zero-order valence-corrected chi connectivity index (χ0v) is 13.8. The maximum atomic E-state index is 5.27. The summed E-state index contributed by atoms with van der Waals surface area (Å²) >= 11 is 0. The quantitative estimate of drug-likeness (QED) is 0.920. The average Bonchev–Trinajstić information content (AvgIpc) is 2.61. The molecule has 2 heterocycles. The lowest BCUT2D eigenvalue weighted by Gasteiger charge is -2.39. The van der Waals surface area contributed by atoms with E-state index in [1.165, 1.54) is 18.4 Å². The molecule has 0 saturated carbocycles. The normalized spacial score (nSPS) is 21.8. The highest BCUT2D eigenvalue weighted by molar-refractivity contribution is 5.32. The second-order valence-corrected chi connectivity index (χ2v) is 6.07. The van der Waals surface area contributed by atoms with Gasteiger partial charge < -0.3 is 10.1 Å². The van der Waals surface area contributed by atoms with E-state index < -0.39 is 0 Å². The minimum atomic E-state index is 0.416. The highest BCUT2D eigenvalue weighted by Crippen LogP contribution is 2.35. The first-order valence-electron chi connectivity index (χ1n) is 8.12. The number of benzene rings is 1. The molecule has 1 N–H and O–H groups in total. The molecule has 0 aliphatic carbocycles. The second-order valence-electron chi connectivity index (χ2n) is 6.07. The van der Waals surface area contributed by atoms with Crippen LogP contribution in [-0.2, 0) is 0 Å². The van der Waals surface area contributed by atoms with Crippen LogP contribution in [0, 0.1) is 5.92 Å². The average molecular weight is 312 g/mol. The predicted molar refractivity (Wildman–Crippen MR) is 91.6 cm³/mol. The number of hydrogen-bond donors (Lipinski definition) is 1. The summed E-state index contributed by atoms with van der Waals surface area (Å²) in [6.07, 6.45) is 7.63. The Hall–Kier alpha value is -2.14. The Bertz CT molecular complexity index is 602. The molecule has 1 aliphatic rings. The zero-order valence-electron chi connectivity index (χ0n) is 13.8. The molecule has 0 radical (unpaired) electrons. The number of piperidine rings is 1. The lowest BCUT2D eigenvalue weighted by Crippen LogP contribution is -2.39. The van der Waals surface area contributed by atoms with Crippen LogP contribution in [-0.4, -0.2) is 42.1 Å². The number of nitrogens with zero attached hydrogens (tertiary/aromatic N) is 3. The summed E-state index contributed by atoms with van der Waals surface area (Å²) in [5.74, 6) is 2.29. The Morgan fingerprint density at radius 1 is 1.26 bits per heavy atom. The van der Waals surface area contributed by atoms with E-state index in [1.54, 1.807) is 25.7 Å². The van der Waals surface area contributed by atoms with E-state index in [2.05, 4.69) is 39.4 Å². The largest absolute Gasteiger partial charge is 0.497 e. The first-order chi connectivity index (χ1) is 11.3. The van der Waals surface area contributed by atoms with Crippen LogP contribution in [0.2, 0.25) is 0 Å². The minimum Gasteiger partial charge on any atom is -0.497 e. The third-order valence-corrected chi connectivity index (χ3v) is 4.57. The van der Waals surface area contributed by atoms with Crippen LogP contribution < -0.4 is 10.1 Å². The van der Waals surface area contributed by atoms with E-state index in [-0.39, 0.29) is 0 Å². The predicted octanol–water partition coefficient (Wildman–Crippen LogP) is 2.98. The van der Waals surface area contributed by atoms with Gasteiger partial charge in [0.1, 0.15) is 11.6 Å². The Morgan fingerprint density at radius 3 is 2.78 bits per heavy atom. The van der Waals surface area contributed by atoms with Crippen molar-refractivity contribution in [1.82, 2.24) is 14.9 Å². The Kier molecular flexibility index (Phi) is 5.08. The third kappa shape index (κ3) is 3.79. The van der Waals surface area contributed by atoms with Crippen molar-refractivity contribution in [3.63, 3.8) is 0 Å². The molecule has 2 unspecified atom stereocenters. The molecular weight excluding hydrogens is 288 g/mol. The Balaban J connectivity index is 1.73. The molecule has 1 fully saturated rings. The summed E-state index contributed by atoms with van der Waals surface area (Å²) in [7, 11) is 3.92. The summed E-state index contributed by atoms with van der Waals surface area (Å²) in [6.45, 7) is 2.04. The molecule has 0 amide bonds. The molecule has 1 aromatic heterocycles. The van der Waals surface area contributed by atoms with Crippen LogP contribution in [0.15, 0.2) is 42.9 Å². The van der Waals surface area contributed by atoms with Crippen molar-refractivity contribution in [3.05, 3.63) is 48.4 Å². The summed E-state index contributed by atoms with van der Waals surface area (Å²) in [4.78, 5) is 10.9. The second kappa shape index (κ2) is 7.42. The van der Waals surface area contributed by atoms with Gasteiger partial charge in [0.15, 0.2) is 0 Å². The number of hydrogen-bond acceptors (Lipinski definition) is 5. The smallest absolute Gasteiger partial charge is 0.144 e. The maximum absolute atomic E-state index is 5.27. The van der Waals surface area contributed by atoms with E-state index in [1.807, 2.05) is 12.1 Å². The Morgan fingerprint density at radius 2 is 2.09 bits per heavy atom. The van der Waals surface area contributed by atoms with Gasteiger partial charge in [-0.1, -0.05) is 12.1 Å². The van der Waals surface area contributed by atoms with Gasteiger partial charge >= 0.3 is 0 Å². The van der Waals surface area contributed by atoms with Gasteiger partial charge in [0.25, 0.3) is 0 Å². The first-order valence-corrected chi connectivity index (χ1v) is 8.12. The number of rotatable bonds is 5. The van der Waals surface area contributed by atoms with Crippen LogP contribution in [0.5, 0.6) is 5.75 Å². The summed E-state index contributed by atoms with van der Waals surface area (Å²) in [5.41, 5.74) is 1.35. The van der Waals surface area contributed by atoms with Gasteiger partial charge in [-0.3, -0.25) is 9.88 Å². The number of ether oxygens (including phenoxy) is 1. The van der Waals surface area contributed by atoms with Gasteiger partial charge in [-0.05, 0) is 50.0 Å². The number of methoxy groups -OCH3 is 1. The van der Waals surface area contributed by atoms with E-state index in [4.69, 9.17) is 4.74 Å². The molecular formula is C18H24N4O. The molecule has 0 spiro atoms. The third-order valence-electron chi connectivity index (χ3n) is 4.57. The van der Waals surface area contributed by atoms with Crippen LogP contribution in [0.4, 0.5) is 5.82 Å². The number of likely N-dealkylation sites (tertiary alicyclic amines) is 1. The molecule has 2 aromatic rings. The van der Waals surface area contributed by atoms with Crippen molar-refractivity contribution in [3.8, 4) is 5.75 Å². The number of aromatic nitrogens is 2. The van der Waals surface area contributed by atoms with Crippen molar-refractivity contribution >= 4 is 5.82 Å². The fourth-order valence-electron chi connectivity index (χ4n) is 3.43. The summed E-state index contributed by atoms with van der Waals surface area (Å²) in [6, 6.07) is 8.87. The van der Waals surface area contributed by atoms with Crippen LogP contribution in [0.3, 0.4) is 0 Å². The molecule has 5 nitrogen and oxygen atoms in total. The van der Waals surface area contributed by atoms with Crippen molar-refractivity contribution in [2.75, 3.05) is 32.6 Å². The van der Waals surface area contributed by atoms with Crippen molar-refractivity contribution in [1.29, 1.82) is 0 Å². The van der Waals surface area contributed by atoms with Crippen molar-refractivity contribution in [2.24, 2.45) is 5.92 Å². The minimum absolute atomic E-state index is 0.416. The van der Waals surface area contributed by atoms with Crippen molar-refractivity contribution < 1.29 is 4.74 Å². The molecule has 1 aliphatic heterocycles. The monoisotopic (exact) mass is 312 g/mol. The molecule has 1 aromatic carbocycles. The lowest BCUT2D eigenvalue weighted by molar-refractivity contribution is 0.128. The van der Waals surface area contributed by atoms with E-state index in [0.717, 1.165) is 24.7 Å². The molecule has 23 heavy (non-hydrogen) atoms.